The summed E-state index contributed by atoms with van der Waals surface area (Å²) in [5, 5.41) is 15.8. The zero-order valence-corrected chi connectivity index (χ0v) is 21.7. The fourth-order valence-corrected chi connectivity index (χ4v) is 5.97. The highest BCUT2D eigenvalue weighted by Crippen LogP contribution is 2.37. The Balaban J connectivity index is 1.59. The molecule has 5 aromatic rings. The Morgan fingerprint density at radius 1 is 1.11 bits per heavy atom. The van der Waals surface area contributed by atoms with Crippen LogP contribution in [0.4, 0.5) is 8.78 Å². The topological polar surface area (TPSA) is 120 Å². The Morgan fingerprint density at radius 3 is 2.47 bits per heavy atom. The van der Waals surface area contributed by atoms with E-state index in [0.717, 1.165) is 29.7 Å². The van der Waals surface area contributed by atoms with Crippen molar-refractivity contribution in [2.45, 2.75) is 30.0 Å². The smallest absolute Gasteiger partial charge is 0.271 e. The van der Waals surface area contributed by atoms with Crippen LogP contribution in [0.15, 0.2) is 77.2 Å². The van der Waals surface area contributed by atoms with Crippen molar-refractivity contribution in [3.63, 3.8) is 0 Å². The van der Waals surface area contributed by atoms with Crippen LogP contribution in [0.1, 0.15) is 18.5 Å². The van der Waals surface area contributed by atoms with Gasteiger partial charge in [-0.25, -0.2) is 31.8 Å². The van der Waals surface area contributed by atoms with Crippen molar-refractivity contribution in [1.82, 2.24) is 24.3 Å². The van der Waals surface area contributed by atoms with Gasteiger partial charge in [0.2, 0.25) is 0 Å². The van der Waals surface area contributed by atoms with Crippen LogP contribution in [0, 0.1) is 11.6 Å². The summed E-state index contributed by atoms with van der Waals surface area (Å²) in [5.41, 5.74) is -1.60. The van der Waals surface area contributed by atoms with Gasteiger partial charge in [0.1, 0.15) is 34.6 Å². The molecule has 0 spiro atoms. The number of halogens is 2. The molecule has 0 saturated heterocycles. The maximum absolute atomic E-state index is 14.9. The summed E-state index contributed by atoms with van der Waals surface area (Å²) in [6, 6.07) is 9.77. The monoisotopic (exact) mass is 557 g/mol. The molecule has 0 fully saturated rings. The standard InChI is InChI=1S/C25H21F2N5O4S2/c1-15(25(34,11-31-13-28-12-30-31)19-8-5-17(26)9-20(19)27)32-14-29-21-10-22(37-23(21)24(32)33)16-3-6-18(7-4-16)38(2,35)36/h3-10,12-15,34H,11H2,1-2H3/t15-,25-/m1/s1. The van der Waals surface area contributed by atoms with Gasteiger partial charge in [-0.3, -0.25) is 9.36 Å². The molecule has 196 valence electrons. The third-order valence-corrected chi connectivity index (χ3v) is 8.69. The van der Waals surface area contributed by atoms with Gasteiger partial charge in [0.05, 0.1) is 29.3 Å². The molecule has 0 aliphatic heterocycles. The second-order valence-electron chi connectivity index (χ2n) is 8.90. The first-order valence-electron chi connectivity index (χ1n) is 11.3. The van der Waals surface area contributed by atoms with Crippen LogP contribution in [0.3, 0.4) is 0 Å². The second kappa shape index (κ2) is 9.49. The van der Waals surface area contributed by atoms with E-state index in [1.807, 2.05) is 0 Å². The molecule has 5 rings (SSSR count). The molecule has 0 aliphatic rings. The molecule has 3 heterocycles. The van der Waals surface area contributed by atoms with Gasteiger partial charge in [-0.2, -0.15) is 5.10 Å². The SMILES string of the molecule is C[C@@H](n1cnc2cc(-c3ccc(S(C)(=O)=O)cc3)sc2c1=O)[C@](O)(Cn1cncn1)c1ccc(F)cc1F. The first-order valence-corrected chi connectivity index (χ1v) is 14.0. The summed E-state index contributed by atoms with van der Waals surface area (Å²) in [5.74, 6) is -1.78. The molecule has 0 amide bonds. The fourth-order valence-electron chi connectivity index (χ4n) is 4.28. The zero-order valence-electron chi connectivity index (χ0n) is 20.1. The predicted molar refractivity (Wildman–Crippen MR) is 137 cm³/mol. The van der Waals surface area contributed by atoms with Crippen molar-refractivity contribution in [1.29, 1.82) is 0 Å². The molecule has 0 radical (unpaired) electrons. The lowest BCUT2D eigenvalue weighted by atomic mass is 9.86. The molecule has 2 aromatic carbocycles. The molecule has 1 N–H and O–H groups in total. The maximum atomic E-state index is 14.9. The van der Waals surface area contributed by atoms with Gasteiger partial charge in [0.25, 0.3) is 5.56 Å². The predicted octanol–water partition coefficient (Wildman–Crippen LogP) is 3.55. The number of benzene rings is 2. The summed E-state index contributed by atoms with van der Waals surface area (Å²) >= 11 is 1.16. The highest BCUT2D eigenvalue weighted by Gasteiger charge is 2.41. The summed E-state index contributed by atoms with van der Waals surface area (Å²) < 4.78 is 54.9. The lowest BCUT2D eigenvalue weighted by molar-refractivity contribution is -0.0343. The Morgan fingerprint density at radius 2 is 1.84 bits per heavy atom. The van der Waals surface area contributed by atoms with E-state index in [1.54, 1.807) is 18.2 Å². The largest absolute Gasteiger partial charge is 0.381 e. The van der Waals surface area contributed by atoms with Gasteiger partial charge in [-0.05, 0) is 36.8 Å². The van der Waals surface area contributed by atoms with Gasteiger partial charge in [0.15, 0.2) is 9.84 Å². The maximum Gasteiger partial charge on any atom is 0.271 e. The van der Waals surface area contributed by atoms with E-state index in [1.165, 1.54) is 47.3 Å². The summed E-state index contributed by atoms with van der Waals surface area (Å²) in [4.78, 5) is 22.7. The first-order chi connectivity index (χ1) is 18.0. The summed E-state index contributed by atoms with van der Waals surface area (Å²) in [6.07, 6.45) is 4.98. The molecule has 0 aliphatic carbocycles. The zero-order chi connectivity index (χ0) is 27.2. The van der Waals surface area contributed by atoms with Crippen molar-refractivity contribution in [3.8, 4) is 10.4 Å². The average Bonchev–Trinajstić information content (AvgIpc) is 3.53. The van der Waals surface area contributed by atoms with Gasteiger partial charge in [-0.1, -0.05) is 18.2 Å². The number of hydrogen-bond donors (Lipinski definition) is 1. The Kier molecular flexibility index (Phi) is 6.45. The van der Waals surface area contributed by atoms with E-state index in [4.69, 9.17) is 0 Å². The number of sulfone groups is 1. The highest BCUT2D eigenvalue weighted by atomic mass is 32.2. The van der Waals surface area contributed by atoms with Crippen LogP contribution in [0.5, 0.6) is 0 Å². The number of aliphatic hydroxyl groups is 1. The van der Waals surface area contributed by atoms with Crippen LogP contribution >= 0.6 is 11.3 Å². The minimum atomic E-state index is -3.35. The van der Waals surface area contributed by atoms with Crippen molar-refractivity contribution < 1.29 is 22.3 Å². The van der Waals surface area contributed by atoms with Crippen LogP contribution in [-0.4, -0.2) is 44.1 Å². The van der Waals surface area contributed by atoms with E-state index < -0.39 is 38.7 Å². The molecule has 38 heavy (non-hydrogen) atoms. The Bertz CT molecular complexity index is 1800. The lowest BCUT2D eigenvalue weighted by Crippen LogP contribution is -2.43. The molecule has 3 aromatic heterocycles. The molecule has 0 bridgehead atoms. The Labute approximate surface area is 219 Å². The quantitative estimate of drug-likeness (QED) is 0.325. The van der Waals surface area contributed by atoms with Crippen LogP contribution in [0.2, 0.25) is 0 Å². The number of rotatable bonds is 7. The van der Waals surface area contributed by atoms with Crippen LogP contribution in [-0.2, 0) is 22.0 Å². The van der Waals surface area contributed by atoms with E-state index >= 15 is 0 Å². The van der Waals surface area contributed by atoms with E-state index in [-0.39, 0.29) is 17.0 Å². The second-order valence-corrected chi connectivity index (χ2v) is 12.0. The average molecular weight is 558 g/mol. The number of thiophene rings is 1. The molecular formula is C25H21F2N5O4S2. The number of hydrogen-bond acceptors (Lipinski definition) is 8. The van der Waals surface area contributed by atoms with Crippen molar-refractivity contribution in [2.24, 2.45) is 0 Å². The van der Waals surface area contributed by atoms with E-state index in [0.29, 0.717) is 26.7 Å². The third kappa shape index (κ3) is 4.64. The fraction of sp³-hybridized carbons (Fsp3) is 0.200. The Hall–Kier alpha value is -3.81. The molecule has 0 saturated carbocycles. The summed E-state index contributed by atoms with van der Waals surface area (Å²) in [7, 11) is -3.35. The molecule has 13 heteroatoms. The lowest BCUT2D eigenvalue weighted by Gasteiger charge is -2.35. The van der Waals surface area contributed by atoms with Crippen LogP contribution < -0.4 is 5.56 Å². The molecular weight excluding hydrogens is 536 g/mol. The van der Waals surface area contributed by atoms with E-state index in [9.17, 15) is 27.1 Å². The van der Waals surface area contributed by atoms with Crippen molar-refractivity contribution >= 4 is 31.4 Å². The normalized spacial score (nSPS) is 14.4. The highest BCUT2D eigenvalue weighted by molar-refractivity contribution is 7.90. The minimum absolute atomic E-state index is 0.177. The van der Waals surface area contributed by atoms with Gasteiger partial charge in [0, 0.05) is 22.8 Å². The van der Waals surface area contributed by atoms with Gasteiger partial charge in [-0.15, -0.1) is 11.3 Å². The number of aromatic nitrogens is 5. The number of fused-ring (bicyclic) bond motifs is 1. The van der Waals surface area contributed by atoms with Gasteiger partial charge < -0.3 is 5.11 Å². The molecule has 0 unspecified atom stereocenters. The molecule has 2 atom stereocenters. The van der Waals surface area contributed by atoms with Crippen LogP contribution in [0.25, 0.3) is 20.7 Å². The minimum Gasteiger partial charge on any atom is -0.381 e. The third-order valence-electron chi connectivity index (χ3n) is 6.40. The summed E-state index contributed by atoms with van der Waals surface area (Å²) in [6.45, 7) is 1.26. The van der Waals surface area contributed by atoms with E-state index in [2.05, 4.69) is 15.1 Å². The number of nitrogens with zero attached hydrogens (tertiary/aromatic N) is 5. The first kappa shape index (κ1) is 25.8. The van der Waals surface area contributed by atoms with Crippen molar-refractivity contribution in [2.75, 3.05) is 6.26 Å². The molecule has 9 nitrogen and oxygen atoms in total. The van der Waals surface area contributed by atoms with Crippen molar-refractivity contribution in [3.05, 3.63) is 95.1 Å². The van der Waals surface area contributed by atoms with Gasteiger partial charge >= 0.3 is 0 Å².